The van der Waals surface area contributed by atoms with Crippen LogP contribution < -0.4 is 0 Å². The van der Waals surface area contributed by atoms with Gasteiger partial charge in [0.05, 0.1) is 11.0 Å². The smallest absolute Gasteiger partial charge is 0.306 e. The number of carbonyl (C=O) groups excluding carboxylic acids is 1. The van der Waals surface area contributed by atoms with Crippen LogP contribution in [0.3, 0.4) is 0 Å². The molecule has 0 spiro atoms. The first-order valence-electron chi connectivity index (χ1n) is 7.81. The Morgan fingerprint density at radius 2 is 2.30 bits per heavy atom. The number of ether oxygens (including phenoxy) is 1. The molecule has 0 N–H and O–H groups in total. The molecule has 0 aromatic carbocycles. The fourth-order valence-corrected chi connectivity index (χ4v) is 3.14. The Kier molecular flexibility index (Phi) is 5.03. The minimum Gasteiger partial charge on any atom is -0.378 e. The summed E-state index contributed by atoms with van der Waals surface area (Å²) in [6.07, 6.45) is 3.82. The summed E-state index contributed by atoms with van der Waals surface area (Å²) >= 11 is 0. The first kappa shape index (κ1) is 17.4. The summed E-state index contributed by atoms with van der Waals surface area (Å²) in [5.41, 5.74) is -0.129. The maximum absolute atomic E-state index is 12.4. The second kappa shape index (κ2) is 6.66. The van der Waals surface area contributed by atoms with Crippen molar-refractivity contribution in [2.45, 2.75) is 52.3 Å². The van der Waals surface area contributed by atoms with Crippen molar-refractivity contribution in [3.8, 4) is 0 Å². The molecule has 1 aliphatic rings. The minimum absolute atomic E-state index is 0.0103. The molecule has 0 unspecified atom stereocenters. The fourth-order valence-electron chi connectivity index (χ4n) is 3.14. The molecule has 1 heterocycles. The van der Waals surface area contributed by atoms with Crippen molar-refractivity contribution in [3.63, 3.8) is 0 Å². The molecule has 1 fully saturated rings. The van der Waals surface area contributed by atoms with Crippen molar-refractivity contribution in [3.05, 3.63) is 22.5 Å². The Bertz CT molecular complexity index is 584. The lowest BCUT2D eigenvalue weighted by atomic mass is 9.63. The van der Waals surface area contributed by atoms with E-state index >= 15 is 0 Å². The van der Waals surface area contributed by atoms with Gasteiger partial charge in [0.25, 0.3) is 0 Å². The molecule has 1 amide bonds. The van der Waals surface area contributed by atoms with E-state index in [1.165, 1.54) is 17.1 Å². The molecule has 0 radical (unpaired) electrons. The van der Waals surface area contributed by atoms with Crippen LogP contribution >= 0.6 is 0 Å². The molecule has 8 nitrogen and oxygen atoms in total. The van der Waals surface area contributed by atoms with E-state index in [0.717, 1.165) is 6.42 Å². The largest absolute Gasteiger partial charge is 0.378 e. The van der Waals surface area contributed by atoms with E-state index in [1.54, 1.807) is 4.90 Å². The number of rotatable bonds is 7. The molecule has 0 saturated heterocycles. The molecule has 2 rings (SSSR count). The van der Waals surface area contributed by atoms with Gasteiger partial charge in [0.2, 0.25) is 5.91 Å². The lowest BCUT2D eigenvalue weighted by Gasteiger charge is -2.54. The zero-order valence-corrected chi connectivity index (χ0v) is 14.1. The highest BCUT2D eigenvalue weighted by Crippen LogP contribution is 2.45. The molecule has 0 bridgehead atoms. The molecule has 2 atom stereocenters. The molecular weight excluding hydrogens is 300 g/mol. The molecule has 1 aromatic heterocycles. The van der Waals surface area contributed by atoms with Crippen LogP contribution in [0.25, 0.3) is 0 Å². The molecule has 1 aliphatic carbocycles. The third-order valence-electron chi connectivity index (χ3n) is 4.74. The fraction of sp³-hybridized carbons (Fsp3) is 0.733. The van der Waals surface area contributed by atoms with E-state index in [4.69, 9.17) is 4.74 Å². The van der Waals surface area contributed by atoms with Gasteiger partial charge in [-0.15, -0.1) is 0 Å². The quantitative estimate of drug-likeness (QED) is 0.564. The third kappa shape index (κ3) is 3.52. The summed E-state index contributed by atoms with van der Waals surface area (Å²) in [7, 11) is 1.81. The van der Waals surface area contributed by atoms with Gasteiger partial charge in [0.15, 0.2) is 0 Å². The number of hydrogen-bond donors (Lipinski definition) is 0. The van der Waals surface area contributed by atoms with Crippen molar-refractivity contribution in [1.29, 1.82) is 0 Å². The van der Waals surface area contributed by atoms with Gasteiger partial charge in [0, 0.05) is 38.1 Å². The first-order chi connectivity index (χ1) is 10.8. The third-order valence-corrected chi connectivity index (χ3v) is 4.74. The van der Waals surface area contributed by atoms with E-state index in [0.29, 0.717) is 13.2 Å². The lowest BCUT2D eigenvalue weighted by molar-refractivity contribution is -0.385. The molecule has 128 valence electrons. The van der Waals surface area contributed by atoms with Crippen molar-refractivity contribution in [1.82, 2.24) is 14.7 Å². The van der Waals surface area contributed by atoms with E-state index in [1.807, 2.05) is 14.0 Å². The highest BCUT2D eigenvalue weighted by atomic mass is 16.6. The minimum atomic E-state index is -0.498. The van der Waals surface area contributed by atoms with Gasteiger partial charge in [0.1, 0.15) is 12.4 Å². The Hall–Kier alpha value is -1.96. The Morgan fingerprint density at radius 3 is 2.83 bits per heavy atom. The molecule has 1 aromatic rings. The zero-order chi connectivity index (χ0) is 17.2. The van der Waals surface area contributed by atoms with Crippen LogP contribution in [0.5, 0.6) is 0 Å². The second-order valence-electron chi connectivity index (χ2n) is 6.49. The number of aromatic nitrogens is 2. The van der Waals surface area contributed by atoms with E-state index in [9.17, 15) is 14.9 Å². The van der Waals surface area contributed by atoms with Crippen LogP contribution in [0, 0.1) is 15.5 Å². The van der Waals surface area contributed by atoms with Gasteiger partial charge in [-0.25, -0.2) is 0 Å². The van der Waals surface area contributed by atoms with Crippen molar-refractivity contribution in [2.75, 3.05) is 13.7 Å². The summed E-state index contributed by atoms with van der Waals surface area (Å²) < 4.78 is 7.12. The standard InChI is InChI=1S/C15H24N4O4/c1-5-23-13-8-12(15(13,2)3)17(4)14(20)6-7-18-10-11(9-16-18)19(21)22/h9-10,12-13H,5-8H2,1-4H3/t12-,13+/m1/s1. The molecule has 23 heavy (non-hydrogen) atoms. The van der Waals surface area contributed by atoms with Gasteiger partial charge in [-0.1, -0.05) is 13.8 Å². The first-order valence-corrected chi connectivity index (χ1v) is 7.81. The average molecular weight is 324 g/mol. The number of aryl methyl sites for hydroxylation is 1. The van der Waals surface area contributed by atoms with Gasteiger partial charge >= 0.3 is 5.69 Å². The second-order valence-corrected chi connectivity index (χ2v) is 6.49. The van der Waals surface area contributed by atoms with Gasteiger partial charge < -0.3 is 9.64 Å². The molecule has 0 aliphatic heterocycles. The summed E-state index contributed by atoms with van der Waals surface area (Å²) in [4.78, 5) is 24.2. The van der Waals surface area contributed by atoms with Crippen LogP contribution in [0.2, 0.25) is 0 Å². The van der Waals surface area contributed by atoms with Gasteiger partial charge in [-0.2, -0.15) is 5.10 Å². The van der Waals surface area contributed by atoms with Crippen molar-refractivity contribution >= 4 is 11.6 Å². The lowest BCUT2D eigenvalue weighted by Crippen LogP contribution is -2.62. The maximum atomic E-state index is 12.4. The number of carbonyl (C=O) groups is 1. The molecule has 1 saturated carbocycles. The number of hydrogen-bond acceptors (Lipinski definition) is 5. The maximum Gasteiger partial charge on any atom is 0.306 e. The Morgan fingerprint density at radius 1 is 1.61 bits per heavy atom. The van der Waals surface area contributed by atoms with Crippen molar-refractivity contribution < 1.29 is 14.5 Å². The van der Waals surface area contributed by atoms with E-state index in [-0.39, 0.29) is 35.6 Å². The zero-order valence-electron chi connectivity index (χ0n) is 14.1. The number of nitro groups is 1. The highest BCUT2D eigenvalue weighted by molar-refractivity contribution is 5.76. The molecular formula is C15H24N4O4. The van der Waals surface area contributed by atoms with Crippen molar-refractivity contribution in [2.24, 2.45) is 5.41 Å². The predicted molar refractivity (Wildman–Crippen MR) is 83.9 cm³/mol. The average Bonchev–Trinajstić information content (AvgIpc) is 2.97. The topological polar surface area (TPSA) is 90.5 Å². The van der Waals surface area contributed by atoms with Crippen LogP contribution in [0.15, 0.2) is 12.4 Å². The highest BCUT2D eigenvalue weighted by Gasteiger charge is 2.51. The summed E-state index contributed by atoms with van der Waals surface area (Å²) in [6.45, 7) is 7.21. The number of nitrogens with zero attached hydrogens (tertiary/aromatic N) is 4. The monoisotopic (exact) mass is 324 g/mol. The normalized spacial score (nSPS) is 22.4. The van der Waals surface area contributed by atoms with E-state index in [2.05, 4.69) is 18.9 Å². The van der Waals surface area contributed by atoms with Gasteiger partial charge in [-0.3, -0.25) is 19.6 Å². The Balaban J connectivity index is 1.87. The SMILES string of the molecule is CCO[C@H]1C[C@@H](N(C)C(=O)CCn2cc([N+](=O)[O-])cn2)C1(C)C. The van der Waals surface area contributed by atoms with Crippen LogP contribution in [-0.2, 0) is 16.1 Å². The molecule has 8 heteroatoms. The Labute approximate surface area is 135 Å². The summed E-state index contributed by atoms with van der Waals surface area (Å²) in [5, 5.41) is 14.5. The predicted octanol–water partition coefficient (Wildman–Crippen LogP) is 1.84. The van der Waals surface area contributed by atoms with E-state index < -0.39 is 4.92 Å². The number of amides is 1. The summed E-state index contributed by atoms with van der Waals surface area (Å²) in [6, 6.07) is 0.151. The van der Waals surface area contributed by atoms with Crippen LogP contribution in [0.1, 0.15) is 33.6 Å². The van der Waals surface area contributed by atoms with Crippen LogP contribution in [0.4, 0.5) is 5.69 Å². The van der Waals surface area contributed by atoms with Crippen LogP contribution in [-0.4, -0.2) is 51.3 Å². The van der Waals surface area contributed by atoms with Gasteiger partial charge in [-0.05, 0) is 13.3 Å². The summed E-state index contributed by atoms with van der Waals surface area (Å²) in [5.74, 6) is 0.0103.